The van der Waals surface area contributed by atoms with E-state index in [9.17, 15) is 26.4 Å². The van der Waals surface area contributed by atoms with Gasteiger partial charge < -0.3 is 9.47 Å². The van der Waals surface area contributed by atoms with E-state index in [4.69, 9.17) is 9.47 Å². The molecule has 0 spiro atoms. The molecule has 0 aliphatic carbocycles. The summed E-state index contributed by atoms with van der Waals surface area (Å²) in [6.07, 6.45) is -0.00124. The number of epoxide rings is 1. The van der Waals surface area contributed by atoms with Crippen LogP contribution in [0, 0.1) is 0 Å². The highest BCUT2D eigenvalue weighted by Gasteiger charge is 2.47. The molecular formula is C15H12F3NO5S. The van der Waals surface area contributed by atoms with Crippen LogP contribution in [0.3, 0.4) is 0 Å². The third-order valence-corrected chi connectivity index (χ3v) is 4.55. The molecule has 1 unspecified atom stereocenters. The predicted molar refractivity (Wildman–Crippen MR) is 81.6 cm³/mol. The summed E-state index contributed by atoms with van der Waals surface area (Å²) in [5, 5.41) is 0.742. The van der Waals surface area contributed by atoms with Gasteiger partial charge in [0.1, 0.15) is 18.5 Å². The summed E-state index contributed by atoms with van der Waals surface area (Å²) in [5.41, 5.74) is -5.79. The average Bonchev–Trinajstić information content (AvgIpc) is 3.35. The summed E-state index contributed by atoms with van der Waals surface area (Å²) < 4.78 is 71.2. The van der Waals surface area contributed by atoms with Crippen molar-refractivity contribution in [1.29, 1.82) is 0 Å². The standard InChI is InChI=1S/C15H12F3NO5S/c16-15(17,18)25(21,22)19-14(20)12-5-6-13(24-8-9-7-23-9)11-4-2-1-3-10(11)12/h1-6,9H,7-8H2,(H,19,20). The second kappa shape index (κ2) is 6.19. The lowest BCUT2D eigenvalue weighted by molar-refractivity contribution is -0.0446. The van der Waals surface area contributed by atoms with Gasteiger partial charge in [-0.2, -0.15) is 21.6 Å². The normalized spacial score (nSPS) is 17.3. The van der Waals surface area contributed by atoms with Gasteiger partial charge in [0.05, 0.1) is 6.61 Å². The number of alkyl halides is 3. The molecule has 134 valence electrons. The van der Waals surface area contributed by atoms with Gasteiger partial charge in [0.2, 0.25) is 0 Å². The zero-order chi connectivity index (χ0) is 18.2. The summed E-state index contributed by atoms with van der Waals surface area (Å²) in [6, 6.07) is 8.97. The summed E-state index contributed by atoms with van der Waals surface area (Å²) in [7, 11) is -5.78. The SMILES string of the molecule is O=C(NS(=O)(=O)C(F)(F)F)c1ccc(OCC2CO2)c2ccccc12. The zero-order valence-corrected chi connectivity index (χ0v) is 13.4. The summed E-state index contributed by atoms with van der Waals surface area (Å²) in [4.78, 5) is 12.1. The fraction of sp³-hybridized carbons (Fsp3) is 0.267. The number of fused-ring (bicyclic) bond motifs is 1. The first-order valence-electron chi connectivity index (χ1n) is 7.08. The van der Waals surface area contributed by atoms with Crippen molar-refractivity contribution in [3.63, 3.8) is 0 Å². The van der Waals surface area contributed by atoms with Crippen molar-refractivity contribution in [2.24, 2.45) is 0 Å². The van der Waals surface area contributed by atoms with Crippen LogP contribution < -0.4 is 9.46 Å². The topological polar surface area (TPSA) is 85.0 Å². The molecule has 0 saturated carbocycles. The average molecular weight is 375 g/mol. The van der Waals surface area contributed by atoms with Gasteiger partial charge in [-0.05, 0) is 17.5 Å². The highest BCUT2D eigenvalue weighted by atomic mass is 32.2. The Labute approximate surface area is 140 Å². The molecule has 25 heavy (non-hydrogen) atoms. The van der Waals surface area contributed by atoms with E-state index in [0.717, 1.165) is 4.72 Å². The van der Waals surface area contributed by atoms with E-state index in [1.54, 1.807) is 18.2 Å². The second-order valence-corrected chi connectivity index (χ2v) is 6.98. The molecule has 2 aromatic rings. The Morgan fingerprint density at radius 1 is 1.20 bits per heavy atom. The molecule has 1 fully saturated rings. The Bertz CT molecular complexity index is 922. The van der Waals surface area contributed by atoms with Crippen LogP contribution in [0.5, 0.6) is 5.75 Å². The first kappa shape index (κ1) is 17.5. The monoisotopic (exact) mass is 375 g/mol. The maximum atomic E-state index is 12.4. The first-order chi connectivity index (χ1) is 11.7. The maximum Gasteiger partial charge on any atom is 0.516 e. The number of hydrogen-bond acceptors (Lipinski definition) is 5. The van der Waals surface area contributed by atoms with Crippen molar-refractivity contribution in [2.75, 3.05) is 13.2 Å². The van der Waals surface area contributed by atoms with Crippen LogP contribution in [0.15, 0.2) is 36.4 Å². The van der Waals surface area contributed by atoms with Gasteiger partial charge in [0.25, 0.3) is 5.91 Å². The highest BCUT2D eigenvalue weighted by Crippen LogP contribution is 2.30. The van der Waals surface area contributed by atoms with Gasteiger partial charge in [-0.1, -0.05) is 24.3 Å². The molecule has 0 bridgehead atoms. The number of hydrogen-bond donors (Lipinski definition) is 1. The molecule has 1 atom stereocenters. The molecular weight excluding hydrogens is 363 g/mol. The van der Waals surface area contributed by atoms with Crippen LogP contribution in [0.2, 0.25) is 0 Å². The molecule has 1 amide bonds. The Hall–Kier alpha value is -2.33. The van der Waals surface area contributed by atoms with Crippen molar-refractivity contribution in [1.82, 2.24) is 4.72 Å². The molecule has 1 aliphatic rings. The minimum atomic E-state index is -5.78. The first-order valence-corrected chi connectivity index (χ1v) is 8.57. The maximum absolute atomic E-state index is 12.4. The van der Waals surface area contributed by atoms with E-state index in [2.05, 4.69) is 0 Å². The number of sulfonamides is 1. The van der Waals surface area contributed by atoms with E-state index in [0.29, 0.717) is 24.3 Å². The lowest BCUT2D eigenvalue weighted by atomic mass is 10.0. The Kier molecular flexibility index (Phi) is 4.33. The minimum Gasteiger partial charge on any atom is -0.490 e. The van der Waals surface area contributed by atoms with Gasteiger partial charge >= 0.3 is 15.5 Å². The number of halogens is 3. The van der Waals surface area contributed by atoms with Crippen molar-refractivity contribution in [3.05, 3.63) is 42.0 Å². The number of ether oxygens (including phenoxy) is 2. The number of benzene rings is 2. The molecule has 0 aromatic heterocycles. The van der Waals surface area contributed by atoms with Crippen LogP contribution in [0.4, 0.5) is 13.2 Å². The zero-order valence-electron chi connectivity index (χ0n) is 12.5. The van der Waals surface area contributed by atoms with Crippen LogP contribution in [-0.2, 0) is 14.8 Å². The summed E-state index contributed by atoms with van der Waals surface area (Å²) in [5.74, 6) is -0.952. The van der Waals surface area contributed by atoms with E-state index in [-0.39, 0.29) is 17.1 Å². The van der Waals surface area contributed by atoms with E-state index >= 15 is 0 Å². The van der Waals surface area contributed by atoms with E-state index in [1.165, 1.54) is 18.2 Å². The highest BCUT2D eigenvalue weighted by molar-refractivity contribution is 7.90. The molecule has 10 heteroatoms. The van der Waals surface area contributed by atoms with Gasteiger partial charge in [0, 0.05) is 10.9 Å². The van der Waals surface area contributed by atoms with E-state index < -0.39 is 21.4 Å². The quantitative estimate of drug-likeness (QED) is 0.810. The fourth-order valence-electron chi connectivity index (χ4n) is 2.18. The van der Waals surface area contributed by atoms with Gasteiger partial charge in [0.15, 0.2) is 0 Å². The number of carbonyl (C=O) groups is 1. The second-order valence-electron chi connectivity index (χ2n) is 5.30. The fourth-order valence-corrected chi connectivity index (χ4v) is 2.65. The Balaban J connectivity index is 1.94. The number of rotatable bonds is 5. The predicted octanol–water partition coefficient (Wildman–Crippen LogP) is 2.20. The van der Waals surface area contributed by atoms with Crippen LogP contribution in [-0.4, -0.2) is 39.2 Å². The lowest BCUT2D eigenvalue weighted by Crippen LogP contribution is -2.40. The smallest absolute Gasteiger partial charge is 0.490 e. The summed E-state index contributed by atoms with van der Waals surface area (Å²) >= 11 is 0. The third kappa shape index (κ3) is 3.69. The number of amides is 1. The van der Waals surface area contributed by atoms with Gasteiger partial charge in [-0.15, -0.1) is 0 Å². The molecule has 1 N–H and O–H groups in total. The molecule has 1 saturated heterocycles. The molecule has 3 rings (SSSR count). The number of nitrogens with one attached hydrogen (secondary N) is 1. The van der Waals surface area contributed by atoms with Crippen LogP contribution in [0.1, 0.15) is 10.4 Å². The Morgan fingerprint density at radius 3 is 2.44 bits per heavy atom. The molecule has 2 aromatic carbocycles. The van der Waals surface area contributed by atoms with Crippen molar-refractivity contribution in [3.8, 4) is 5.75 Å². The molecule has 1 aliphatic heterocycles. The van der Waals surface area contributed by atoms with Gasteiger partial charge in [-0.3, -0.25) is 4.79 Å². The van der Waals surface area contributed by atoms with Crippen LogP contribution >= 0.6 is 0 Å². The van der Waals surface area contributed by atoms with Crippen LogP contribution in [0.25, 0.3) is 10.8 Å². The van der Waals surface area contributed by atoms with Gasteiger partial charge in [-0.25, -0.2) is 4.72 Å². The Morgan fingerprint density at radius 2 is 1.84 bits per heavy atom. The summed E-state index contributed by atoms with van der Waals surface area (Å²) in [6.45, 7) is 0.895. The molecule has 6 nitrogen and oxygen atoms in total. The van der Waals surface area contributed by atoms with Crippen molar-refractivity contribution in [2.45, 2.75) is 11.6 Å². The third-order valence-electron chi connectivity index (χ3n) is 3.49. The van der Waals surface area contributed by atoms with Crippen molar-refractivity contribution >= 4 is 26.7 Å². The van der Waals surface area contributed by atoms with Crippen molar-refractivity contribution < 1.29 is 35.9 Å². The largest absolute Gasteiger partial charge is 0.516 e. The lowest BCUT2D eigenvalue weighted by Gasteiger charge is -2.13. The molecule has 0 radical (unpaired) electrons. The molecule has 1 heterocycles. The number of carbonyl (C=O) groups excluding carboxylic acids is 1. The minimum absolute atomic E-state index is 0.00124. The van der Waals surface area contributed by atoms with E-state index in [1.807, 2.05) is 0 Å².